The van der Waals surface area contributed by atoms with Gasteiger partial charge in [0.05, 0.1) is 19.3 Å². The highest BCUT2D eigenvalue weighted by Gasteiger charge is 2.35. The number of hydrogen-bond donors (Lipinski definition) is 0. The van der Waals surface area contributed by atoms with Crippen LogP contribution < -0.4 is 0 Å². The van der Waals surface area contributed by atoms with Crippen molar-refractivity contribution in [3.05, 3.63) is 35.9 Å². The molecule has 0 radical (unpaired) electrons. The number of aryl methyl sites for hydroxylation is 1. The van der Waals surface area contributed by atoms with Crippen LogP contribution in [0.1, 0.15) is 37.7 Å². The first kappa shape index (κ1) is 15.5. The Morgan fingerprint density at radius 2 is 1.91 bits per heavy atom. The number of benzene rings is 1. The van der Waals surface area contributed by atoms with Crippen LogP contribution >= 0.6 is 0 Å². The van der Waals surface area contributed by atoms with E-state index in [9.17, 15) is 4.79 Å². The first-order valence-corrected chi connectivity index (χ1v) is 8.41. The third-order valence-electron chi connectivity index (χ3n) is 4.53. The first-order chi connectivity index (χ1) is 10.8. The summed E-state index contributed by atoms with van der Waals surface area (Å²) in [5.41, 5.74) is 1.30. The molecule has 0 spiro atoms. The fourth-order valence-electron chi connectivity index (χ4n) is 3.38. The third kappa shape index (κ3) is 3.87. The van der Waals surface area contributed by atoms with E-state index in [1.165, 1.54) is 5.56 Å². The molecule has 0 saturated carbocycles. The Bertz CT molecular complexity index is 470. The van der Waals surface area contributed by atoms with E-state index < -0.39 is 0 Å². The van der Waals surface area contributed by atoms with Crippen molar-refractivity contribution in [2.75, 3.05) is 19.8 Å². The average Bonchev–Trinajstić information content (AvgIpc) is 3.10. The molecule has 2 aliphatic heterocycles. The van der Waals surface area contributed by atoms with Crippen molar-refractivity contribution in [2.45, 2.75) is 50.9 Å². The van der Waals surface area contributed by atoms with E-state index >= 15 is 0 Å². The fourth-order valence-corrected chi connectivity index (χ4v) is 3.38. The molecule has 120 valence electrons. The van der Waals surface area contributed by atoms with E-state index in [-0.39, 0.29) is 18.2 Å². The molecule has 2 aliphatic rings. The molecule has 1 atom stereocenters. The van der Waals surface area contributed by atoms with Crippen molar-refractivity contribution in [2.24, 2.45) is 0 Å². The molecule has 1 aromatic carbocycles. The Labute approximate surface area is 132 Å². The maximum atomic E-state index is 12.6. The number of nitrogens with zero attached hydrogens (tertiary/aromatic N) is 1. The molecule has 4 heteroatoms. The molecule has 2 saturated heterocycles. The summed E-state index contributed by atoms with van der Waals surface area (Å²) in [6.07, 6.45) is 5.50. The van der Waals surface area contributed by atoms with Crippen LogP contribution in [0.15, 0.2) is 30.3 Å². The standard InChI is InChI=1S/C18H25NO3/c20-17(11-6-9-15-7-2-1-3-8-15)19-12-5-4-10-16(19)18-21-13-14-22-18/h1-3,7-8,16,18H,4-6,9-14H2. The Balaban J connectivity index is 1.51. The monoisotopic (exact) mass is 303 g/mol. The van der Waals surface area contributed by atoms with Crippen molar-refractivity contribution >= 4 is 5.91 Å². The Hall–Kier alpha value is -1.39. The van der Waals surface area contributed by atoms with Crippen molar-refractivity contribution < 1.29 is 14.3 Å². The number of piperidine rings is 1. The van der Waals surface area contributed by atoms with Crippen molar-refractivity contribution in [1.82, 2.24) is 4.90 Å². The minimum absolute atomic E-state index is 0.112. The van der Waals surface area contributed by atoms with Crippen LogP contribution in [0.3, 0.4) is 0 Å². The predicted octanol–water partition coefficient (Wildman–Crippen LogP) is 2.76. The van der Waals surface area contributed by atoms with Crippen molar-refractivity contribution in [3.63, 3.8) is 0 Å². The summed E-state index contributed by atoms with van der Waals surface area (Å²) in [5, 5.41) is 0. The van der Waals surface area contributed by atoms with Gasteiger partial charge in [-0.3, -0.25) is 4.79 Å². The molecule has 1 unspecified atom stereocenters. The van der Waals surface area contributed by atoms with Gasteiger partial charge in [-0.2, -0.15) is 0 Å². The van der Waals surface area contributed by atoms with Crippen molar-refractivity contribution in [1.29, 1.82) is 0 Å². The van der Waals surface area contributed by atoms with E-state index in [0.717, 1.165) is 38.6 Å². The summed E-state index contributed by atoms with van der Waals surface area (Å²) in [4.78, 5) is 14.6. The molecule has 1 aromatic rings. The van der Waals surface area contributed by atoms with Gasteiger partial charge in [-0.1, -0.05) is 30.3 Å². The normalized spacial score (nSPS) is 22.9. The second-order valence-electron chi connectivity index (χ2n) is 6.10. The second-order valence-corrected chi connectivity index (χ2v) is 6.10. The van der Waals surface area contributed by atoms with Crippen LogP contribution in [0.4, 0.5) is 0 Å². The SMILES string of the molecule is O=C(CCCc1ccccc1)N1CCCCC1C1OCCO1. The van der Waals surface area contributed by atoms with E-state index in [1.807, 2.05) is 23.1 Å². The number of carbonyl (C=O) groups is 1. The molecule has 2 fully saturated rings. The molecule has 4 nitrogen and oxygen atoms in total. The van der Waals surface area contributed by atoms with E-state index in [0.29, 0.717) is 19.6 Å². The summed E-state index contributed by atoms with van der Waals surface area (Å²) in [5.74, 6) is 0.250. The highest BCUT2D eigenvalue weighted by molar-refractivity contribution is 5.76. The topological polar surface area (TPSA) is 38.8 Å². The van der Waals surface area contributed by atoms with Crippen LogP contribution in [0.25, 0.3) is 0 Å². The molecule has 0 aliphatic carbocycles. The Morgan fingerprint density at radius 3 is 2.68 bits per heavy atom. The Morgan fingerprint density at radius 1 is 1.14 bits per heavy atom. The van der Waals surface area contributed by atoms with Crippen LogP contribution in [0.5, 0.6) is 0 Å². The molecule has 3 rings (SSSR count). The minimum atomic E-state index is -0.210. The summed E-state index contributed by atoms with van der Waals surface area (Å²) < 4.78 is 11.3. The van der Waals surface area contributed by atoms with Crippen LogP contribution in [-0.2, 0) is 20.7 Å². The van der Waals surface area contributed by atoms with Gasteiger partial charge in [-0.05, 0) is 37.7 Å². The maximum absolute atomic E-state index is 12.6. The molecular formula is C18H25NO3. The molecule has 2 heterocycles. The van der Waals surface area contributed by atoms with Gasteiger partial charge in [0.15, 0.2) is 6.29 Å². The number of hydrogen-bond acceptors (Lipinski definition) is 3. The molecule has 0 bridgehead atoms. The van der Waals surface area contributed by atoms with E-state index in [4.69, 9.17) is 9.47 Å². The molecule has 0 aromatic heterocycles. The third-order valence-corrected chi connectivity index (χ3v) is 4.53. The quantitative estimate of drug-likeness (QED) is 0.839. The highest BCUT2D eigenvalue weighted by atomic mass is 16.7. The van der Waals surface area contributed by atoms with Gasteiger partial charge in [0, 0.05) is 13.0 Å². The smallest absolute Gasteiger partial charge is 0.223 e. The zero-order chi connectivity index (χ0) is 15.2. The van der Waals surface area contributed by atoms with Gasteiger partial charge in [0.25, 0.3) is 0 Å². The van der Waals surface area contributed by atoms with E-state index in [2.05, 4.69) is 12.1 Å². The lowest BCUT2D eigenvalue weighted by molar-refractivity contribution is -0.150. The van der Waals surface area contributed by atoms with Crippen LogP contribution in [0.2, 0.25) is 0 Å². The summed E-state index contributed by atoms with van der Waals surface area (Å²) in [7, 11) is 0. The molecule has 22 heavy (non-hydrogen) atoms. The van der Waals surface area contributed by atoms with Crippen LogP contribution in [-0.4, -0.2) is 42.9 Å². The predicted molar refractivity (Wildman–Crippen MR) is 84.4 cm³/mol. The van der Waals surface area contributed by atoms with E-state index in [1.54, 1.807) is 0 Å². The zero-order valence-electron chi connectivity index (χ0n) is 13.1. The first-order valence-electron chi connectivity index (χ1n) is 8.41. The molecular weight excluding hydrogens is 278 g/mol. The maximum Gasteiger partial charge on any atom is 0.223 e. The minimum Gasteiger partial charge on any atom is -0.348 e. The van der Waals surface area contributed by atoms with Gasteiger partial charge in [-0.15, -0.1) is 0 Å². The van der Waals surface area contributed by atoms with Gasteiger partial charge in [0.2, 0.25) is 5.91 Å². The number of likely N-dealkylation sites (tertiary alicyclic amines) is 1. The summed E-state index contributed by atoms with van der Waals surface area (Å²) in [6, 6.07) is 10.5. The lowest BCUT2D eigenvalue weighted by Crippen LogP contribution is -2.50. The largest absolute Gasteiger partial charge is 0.348 e. The van der Waals surface area contributed by atoms with Crippen LogP contribution in [0, 0.1) is 0 Å². The lowest BCUT2D eigenvalue weighted by Gasteiger charge is -2.38. The Kier molecular flexibility index (Phi) is 5.46. The molecule has 0 N–H and O–H groups in total. The summed E-state index contributed by atoms with van der Waals surface area (Å²) in [6.45, 7) is 2.15. The van der Waals surface area contributed by atoms with Gasteiger partial charge >= 0.3 is 0 Å². The highest BCUT2D eigenvalue weighted by Crippen LogP contribution is 2.25. The van der Waals surface area contributed by atoms with Gasteiger partial charge in [-0.25, -0.2) is 0 Å². The number of rotatable bonds is 5. The van der Waals surface area contributed by atoms with Crippen molar-refractivity contribution in [3.8, 4) is 0 Å². The van der Waals surface area contributed by atoms with Gasteiger partial charge in [0.1, 0.15) is 0 Å². The number of carbonyl (C=O) groups excluding carboxylic acids is 1. The fraction of sp³-hybridized carbons (Fsp3) is 0.611. The van der Waals surface area contributed by atoms with Gasteiger partial charge < -0.3 is 14.4 Å². The lowest BCUT2D eigenvalue weighted by atomic mass is 10.00. The number of amides is 1. The second kappa shape index (κ2) is 7.75. The average molecular weight is 303 g/mol. The zero-order valence-corrected chi connectivity index (χ0v) is 13.1. The molecule has 1 amide bonds. The number of ether oxygens (including phenoxy) is 2. The summed E-state index contributed by atoms with van der Waals surface area (Å²) >= 11 is 0.